The van der Waals surface area contributed by atoms with Gasteiger partial charge in [-0.3, -0.25) is 0 Å². The number of hydrogen-bond donors (Lipinski definition) is 2. The topological polar surface area (TPSA) is 78.3 Å². The van der Waals surface area contributed by atoms with Crippen LogP contribution in [0, 0.1) is 6.92 Å². The molecule has 0 aliphatic rings. The summed E-state index contributed by atoms with van der Waals surface area (Å²) in [7, 11) is 0. The zero-order valence-corrected chi connectivity index (χ0v) is 7.25. The van der Waals surface area contributed by atoms with E-state index in [9.17, 15) is 4.79 Å². The Morgan fingerprint density at radius 1 is 1.58 bits per heavy atom. The molecule has 0 spiro atoms. The molecule has 4 nitrogen and oxygen atoms in total. The maximum Gasteiger partial charge on any atom is 0.333 e. The molecule has 0 bridgehead atoms. The number of carbonyl (C=O) groups excluding carboxylic acids is 1. The Morgan fingerprint density at radius 3 is 2.42 bits per heavy atom. The lowest BCUT2D eigenvalue weighted by Crippen LogP contribution is -2.43. The lowest BCUT2D eigenvalue weighted by atomic mass is 10.2. The monoisotopic (exact) mass is 171 g/mol. The molecule has 2 unspecified atom stereocenters. The maximum absolute atomic E-state index is 10.8. The Morgan fingerprint density at radius 2 is 2.08 bits per heavy atom. The highest BCUT2D eigenvalue weighted by molar-refractivity contribution is 5.86. The molecular formula is C8H15N2O2. The van der Waals surface area contributed by atoms with Gasteiger partial charge in [0.05, 0.1) is 6.04 Å². The van der Waals surface area contributed by atoms with Crippen molar-refractivity contribution in [2.45, 2.75) is 19.0 Å². The molecule has 69 valence electrons. The standard InChI is InChI=1S/C8H15N2O2/c1-5(2)8(11)12-4-7(10)6(3)9/h6-7H,1,3-4,9-10H2,2H3. The van der Waals surface area contributed by atoms with Crippen LogP contribution in [0.3, 0.4) is 0 Å². The molecule has 0 aliphatic carbocycles. The summed E-state index contributed by atoms with van der Waals surface area (Å²) >= 11 is 0. The van der Waals surface area contributed by atoms with Crippen LogP contribution in [0.25, 0.3) is 0 Å². The quantitative estimate of drug-likeness (QED) is 0.445. The van der Waals surface area contributed by atoms with E-state index in [0.29, 0.717) is 5.57 Å². The minimum absolute atomic E-state index is 0.0797. The van der Waals surface area contributed by atoms with Crippen LogP contribution in [0.4, 0.5) is 0 Å². The van der Waals surface area contributed by atoms with Gasteiger partial charge in [-0.2, -0.15) is 0 Å². The van der Waals surface area contributed by atoms with Gasteiger partial charge in [0.2, 0.25) is 0 Å². The van der Waals surface area contributed by atoms with Crippen LogP contribution in [-0.4, -0.2) is 24.7 Å². The minimum atomic E-state index is -0.453. The third-order valence-electron chi connectivity index (χ3n) is 1.31. The van der Waals surface area contributed by atoms with Gasteiger partial charge in [0.1, 0.15) is 6.61 Å². The average Bonchev–Trinajstić information content (AvgIpc) is 1.98. The second kappa shape index (κ2) is 4.90. The molecule has 0 heterocycles. The van der Waals surface area contributed by atoms with E-state index in [1.54, 1.807) is 6.92 Å². The largest absolute Gasteiger partial charge is 0.461 e. The van der Waals surface area contributed by atoms with E-state index in [0.717, 1.165) is 0 Å². The molecule has 0 rings (SSSR count). The zero-order valence-electron chi connectivity index (χ0n) is 7.25. The number of ether oxygens (including phenoxy) is 1. The summed E-state index contributed by atoms with van der Waals surface area (Å²) in [5.74, 6) is -0.453. The van der Waals surface area contributed by atoms with Crippen LogP contribution >= 0.6 is 0 Å². The van der Waals surface area contributed by atoms with Crippen molar-refractivity contribution >= 4 is 5.97 Å². The molecule has 0 saturated carbocycles. The molecule has 0 saturated heterocycles. The van der Waals surface area contributed by atoms with E-state index in [2.05, 4.69) is 13.5 Å². The fourth-order valence-electron chi connectivity index (χ4n) is 0.419. The molecule has 2 atom stereocenters. The number of esters is 1. The molecule has 0 aromatic carbocycles. The second-order valence-corrected chi connectivity index (χ2v) is 2.71. The molecule has 0 aromatic rings. The van der Waals surface area contributed by atoms with Gasteiger partial charge >= 0.3 is 5.97 Å². The van der Waals surface area contributed by atoms with Gasteiger partial charge in [-0.1, -0.05) is 6.58 Å². The summed E-state index contributed by atoms with van der Waals surface area (Å²) < 4.78 is 4.74. The highest BCUT2D eigenvalue weighted by Gasteiger charge is 2.11. The molecule has 4 heteroatoms. The summed E-state index contributed by atoms with van der Waals surface area (Å²) in [4.78, 5) is 10.8. The number of carbonyl (C=O) groups is 1. The minimum Gasteiger partial charge on any atom is -0.461 e. The molecule has 1 radical (unpaired) electrons. The first-order chi connectivity index (χ1) is 5.45. The molecule has 0 aliphatic heterocycles. The van der Waals surface area contributed by atoms with Crippen molar-refractivity contribution in [3.63, 3.8) is 0 Å². The fraction of sp³-hybridized carbons (Fsp3) is 0.500. The predicted octanol–water partition coefficient (Wildman–Crippen LogP) is -0.406. The van der Waals surface area contributed by atoms with Crippen LogP contribution < -0.4 is 11.5 Å². The second-order valence-electron chi connectivity index (χ2n) is 2.71. The highest BCUT2D eigenvalue weighted by Crippen LogP contribution is 1.94. The summed E-state index contributed by atoms with van der Waals surface area (Å²) in [6.45, 7) is 8.56. The highest BCUT2D eigenvalue weighted by atomic mass is 16.5. The van der Waals surface area contributed by atoms with Crippen LogP contribution in [0.5, 0.6) is 0 Å². The lowest BCUT2D eigenvalue weighted by Gasteiger charge is -2.14. The van der Waals surface area contributed by atoms with E-state index in [1.165, 1.54) is 0 Å². The van der Waals surface area contributed by atoms with Crippen molar-refractivity contribution < 1.29 is 9.53 Å². The Bertz CT molecular complexity index is 178. The van der Waals surface area contributed by atoms with Gasteiger partial charge < -0.3 is 16.2 Å². The van der Waals surface area contributed by atoms with Gasteiger partial charge in [0.25, 0.3) is 0 Å². The molecule has 12 heavy (non-hydrogen) atoms. The Kier molecular flexibility index (Phi) is 4.54. The van der Waals surface area contributed by atoms with Crippen LogP contribution in [0.15, 0.2) is 12.2 Å². The van der Waals surface area contributed by atoms with Crippen molar-refractivity contribution in [2.75, 3.05) is 6.61 Å². The molecule has 4 N–H and O–H groups in total. The van der Waals surface area contributed by atoms with E-state index >= 15 is 0 Å². The predicted molar refractivity (Wildman–Crippen MR) is 47.1 cm³/mol. The van der Waals surface area contributed by atoms with Crippen LogP contribution in [0.1, 0.15) is 6.92 Å². The van der Waals surface area contributed by atoms with Gasteiger partial charge in [-0.05, 0) is 13.8 Å². The molecule has 0 amide bonds. The van der Waals surface area contributed by atoms with E-state index in [1.807, 2.05) is 0 Å². The molecule has 0 fully saturated rings. The first-order valence-corrected chi connectivity index (χ1v) is 3.62. The Hall–Kier alpha value is -0.870. The van der Waals surface area contributed by atoms with E-state index < -0.39 is 18.1 Å². The van der Waals surface area contributed by atoms with Crippen molar-refractivity contribution in [1.82, 2.24) is 0 Å². The van der Waals surface area contributed by atoms with Crippen LogP contribution in [-0.2, 0) is 9.53 Å². The first kappa shape index (κ1) is 11.1. The van der Waals surface area contributed by atoms with E-state index in [4.69, 9.17) is 16.2 Å². The normalized spacial score (nSPS) is 15.0. The molecular weight excluding hydrogens is 156 g/mol. The number of rotatable bonds is 4. The zero-order chi connectivity index (χ0) is 9.72. The van der Waals surface area contributed by atoms with E-state index in [-0.39, 0.29) is 6.61 Å². The van der Waals surface area contributed by atoms with Crippen LogP contribution in [0.2, 0.25) is 0 Å². The van der Waals surface area contributed by atoms with Crippen molar-refractivity contribution in [3.05, 3.63) is 19.1 Å². The third-order valence-corrected chi connectivity index (χ3v) is 1.31. The lowest BCUT2D eigenvalue weighted by molar-refractivity contribution is -0.139. The summed E-state index contributed by atoms with van der Waals surface area (Å²) in [6.07, 6.45) is 0. The SMILES string of the molecule is [CH2]C(N)C(N)COC(=O)C(=C)C. The van der Waals surface area contributed by atoms with Crippen molar-refractivity contribution in [2.24, 2.45) is 11.5 Å². The van der Waals surface area contributed by atoms with Gasteiger partial charge in [-0.25, -0.2) is 4.79 Å². The third kappa shape index (κ3) is 4.10. The summed E-state index contributed by atoms with van der Waals surface area (Å²) in [5.41, 5.74) is 11.2. The van der Waals surface area contributed by atoms with Gasteiger partial charge in [0.15, 0.2) is 0 Å². The maximum atomic E-state index is 10.8. The average molecular weight is 171 g/mol. The number of nitrogens with two attached hydrogens (primary N) is 2. The smallest absolute Gasteiger partial charge is 0.333 e. The summed E-state index contributed by atoms with van der Waals surface area (Å²) in [5, 5.41) is 0. The number of hydrogen-bond acceptors (Lipinski definition) is 4. The van der Waals surface area contributed by atoms with Crippen molar-refractivity contribution in [1.29, 1.82) is 0 Å². The molecule has 0 aromatic heterocycles. The summed E-state index contributed by atoms with van der Waals surface area (Å²) in [6, 6.07) is -0.851. The van der Waals surface area contributed by atoms with Gasteiger partial charge in [0, 0.05) is 11.6 Å². The Labute approximate surface area is 72.6 Å². The first-order valence-electron chi connectivity index (χ1n) is 3.62. The Balaban J connectivity index is 3.69. The fourth-order valence-corrected chi connectivity index (χ4v) is 0.419. The van der Waals surface area contributed by atoms with Gasteiger partial charge in [-0.15, -0.1) is 0 Å². The van der Waals surface area contributed by atoms with Crippen molar-refractivity contribution in [3.8, 4) is 0 Å².